The van der Waals surface area contributed by atoms with Crippen LogP contribution in [0, 0.1) is 0 Å². The predicted molar refractivity (Wildman–Crippen MR) is 62.8 cm³/mol. The van der Waals surface area contributed by atoms with Gasteiger partial charge in [-0.3, -0.25) is 0 Å². The molecule has 2 N–H and O–H groups in total. The molecule has 1 aromatic rings. The van der Waals surface area contributed by atoms with Crippen molar-refractivity contribution >= 4 is 5.82 Å². The molecule has 80 valence electrons. The molecule has 1 aliphatic heterocycles. The molecule has 0 atom stereocenters. The van der Waals surface area contributed by atoms with Crippen molar-refractivity contribution in [2.24, 2.45) is 0 Å². The number of hydrogen-bond acceptors (Lipinski definition) is 3. The quantitative estimate of drug-likeness (QED) is 0.735. The fourth-order valence-electron chi connectivity index (χ4n) is 1.65. The van der Waals surface area contributed by atoms with Gasteiger partial charge < -0.3 is 10.6 Å². The fourth-order valence-corrected chi connectivity index (χ4v) is 1.65. The smallest absolute Gasteiger partial charge is 0.134 e. The van der Waals surface area contributed by atoms with Gasteiger partial charge in [0, 0.05) is 30.5 Å². The molecule has 3 heteroatoms. The van der Waals surface area contributed by atoms with Gasteiger partial charge in [-0.05, 0) is 17.5 Å². The molecule has 0 aliphatic carbocycles. The fraction of sp³-hybridized carbons (Fsp3) is 0.417. The van der Waals surface area contributed by atoms with Crippen molar-refractivity contribution in [1.82, 2.24) is 10.3 Å². The van der Waals surface area contributed by atoms with Gasteiger partial charge in [-0.1, -0.05) is 20.4 Å². The zero-order chi connectivity index (χ0) is 10.8. The Morgan fingerprint density at radius 2 is 2.20 bits per heavy atom. The van der Waals surface area contributed by atoms with Gasteiger partial charge in [0.1, 0.15) is 5.82 Å². The molecule has 2 rings (SSSR count). The van der Waals surface area contributed by atoms with Gasteiger partial charge in [0.05, 0.1) is 0 Å². The molecule has 3 nitrogen and oxygen atoms in total. The summed E-state index contributed by atoms with van der Waals surface area (Å²) < 4.78 is 0. The summed E-state index contributed by atoms with van der Waals surface area (Å²) in [5, 5.41) is 6.54. The molecule has 2 heterocycles. The molecule has 1 aromatic heterocycles. The Bertz CT molecular complexity index is 382. The average molecular weight is 203 g/mol. The first-order valence-electron chi connectivity index (χ1n) is 5.31. The minimum absolute atomic E-state index is 0.522. The molecule has 0 aromatic carbocycles. The molecule has 0 saturated carbocycles. The molecular weight excluding hydrogens is 186 g/mol. The van der Waals surface area contributed by atoms with Crippen LogP contribution in [0.3, 0.4) is 0 Å². The summed E-state index contributed by atoms with van der Waals surface area (Å²) in [6, 6.07) is 2.21. The number of pyridine rings is 1. The monoisotopic (exact) mass is 203 g/mol. The molecule has 0 spiro atoms. The topological polar surface area (TPSA) is 37.0 Å². The maximum atomic E-state index is 4.44. The van der Waals surface area contributed by atoms with E-state index >= 15 is 0 Å². The summed E-state index contributed by atoms with van der Waals surface area (Å²) in [5.74, 6) is 1.46. The van der Waals surface area contributed by atoms with E-state index in [9.17, 15) is 0 Å². The van der Waals surface area contributed by atoms with E-state index in [2.05, 4.69) is 42.1 Å². The second kappa shape index (κ2) is 4.03. The van der Waals surface area contributed by atoms with Crippen LogP contribution in [-0.2, 0) is 6.54 Å². The maximum Gasteiger partial charge on any atom is 0.134 e. The number of anilines is 1. The minimum atomic E-state index is 0.522. The largest absolute Gasteiger partial charge is 0.343 e. The van der Waals surface area contributed by atoms with Crippen molar-refractivity contribution in [3.8, 4) is 0 Å². The van der Waals surface area contributed by atoms with E-state index < -0.39 is 0 Å². The van der Waals surface area contributed by atoms with Crippen molar-refractivity contribution in [2.45, 2.75) is 26.3 Å². The van der Waals surface area contributed by atoms with Gasteiger partial charge >= 0.3 is 0 Å². The highest BCUT2D eigenvalue weighted by molar-refractivity contribution is 5.51. The molecule has 0 saturated heterocycles. The van der Waals surface area contributed by atoms with Crippen molar-refractivity contribution in [3.63, 3.8) is 0 Å². The Hall–Kier alpha value is -1.35. The van der Waals surface area contributed by atoms with Crippen molar-refractivity contribution in [2.75, 3.05) is 11.9 Å². The molecule has 0 bridgehead atoms. The number of rotatable bonds is 1. The third-order valence-electron chi connectivity index (χ3n) is 2.60. The highest BCUT2D eigenvalue weighted by Crippen LogP contribution is 2.21. The molecular formula is C12H17N3. The Balaban J connectivity index is 2.35. The Kier molecular flexibility index (Phi) is 2.73. The molecule has 15 heavy (non-hydrogen) atoms. The Morgan fingerprint density at radius 3 is 2.93 bits per heavy atom. The van der Waals surface area contributed by atoms with E-state index in [4.69, 9.17) is 0 Å². The predicted octanol–water partition coefficient (Wildman–Crippen LogP) is 2.23. The third kappa shape index (κ3) is 2.18. The van der Waals surface area contributed by atoms with E-state index in [1.807, 2.05) is 6.20 Å². The van der Waals surface area contributed by atoms with Gasteiger partial charge in [0.25, 0.3) is 0 Å². The van der Waals surface area contributed by atoms with Crippen LogP contribution in [0.1, 0.15) is 30.9 Å². The molecule has 0 fully saturated rings. The standard InChI is InChI=1S/C12H17N3/c1-8(2)10-4-11-6-13-5-9(3)15-12(11)14-7-10/h4,7-8,13H,3,5-6H2,1-2H3,(H,14,15). The Morgan fingerprint density at radius 1 is 1.40 bits per heavy atom. The lowest BCUT2D eigenvalue weighted by Crippen LogP contribution is -2.14. The van der Waals surface area contributed by atoms with E-state index in [-0.39, 0.29) is 0 Å². The number of nitrogens with zero attached hydrogens (tertiary/aromatic N) is 1. The summed E-state index contributed by atoms with van der Waals surface area (Å²) in [7, 11) is 0. The van der Waals surface area contributed by atoms with Crippen LogP contribution >= 0.6 is 0 Å². The SMILES string of the molecule is C=C1CNCc2cc(C(C)C)cnc2N1. The van der Waals surface area contributed by atoms with Gasteiger partial charge in [0.2, 0.25) is 0 Å². The van der Waals surface area contributed by atoms with Crippen LogP contribution in [0.5, 0.6) is 0 Å². The van der Waals surface area contributed by atoms with Gasteiger partial charge in [-0.25, -0.2) is 4.98 Å². The highest BCUT2D eigenvalue weighted by atomic mass is 15.1. The lowest BCUT2D eigenvalue weighted by molar-refractivity contribution is 0.753. The van der Waals surface area contributed by atoms with Crippen LogP contribution in [0.15, 0.2) is 24.5 Å². The Labute approximate surface area is 90.6 Å². The summed E-state index contributed by atoms with van der Waals surface area (Å²) in [6.07, 6.45) is 1.94. The minimum Gasteiger partial charge on any atom is -0.343 e. The third-order valence-corrected chi connectivity index (χ3v) is 2.60. The first-order valence-corrected chi connectivity index (χ1v) is 5.31. The van der Waals surface area contributed by atoms with E-state index in [1.54, 1.807) is 0 Å². The van der Waals surface area contributed by atoms with Gasteiger partial charge in [0.15, 0.2) is 0 Å². The highest BCUT2D eigenvalue weighted by Gasteiger charge is 2.11. The normalized spacial score (nSPS) is 15.8. The van der Waals surface area contributed by atoms with Crippen LogP contribution in [0.4, 0.5) is 5.82 Å². The zero-order valence-electron chi connectivity index (χ0n) is 9.30. The number of aromatic nitrogens is 1. The average Bonchev–Trinajstić information content (AvgIpc) is 2.37. The molecule has 1 aliphatic rings. The van der Waals surface area contributed by atoms with Crippen molar-refractivity contribution in [3.05, 3.63) is 35.7 Å². The van der Waals surface area contributed by atoms with Crippen LogP contribution in [0.25, 0.3) is 0 Å². The summed E-state index contributed by atoms with van der Waals surface area (Å²) in [4.78, 5) is 4.44. The summed E-state index contributed by atoms with van der Waals surface area (Å²) >= 11 is 0. The van der Waals surface area contributed by atoms with Crippen molar-refractivity contribution in [1.29, 1.82) is 0 Å². The second-order valence-corrected chi connectivity index (χ2v) is 4.26. The van der Waals surface area contributed by atoms with Crippen LogP contribution < -0.4 is 10.6 Å². The van der Waals surface area contributed by atoms with E-state index in [0.29, 0.717) is 5.92 Å². The van der Waals surface area contributed by atoms with Crippen molar-refractivity contribution < 1.29 is 0 Å². The zero-order valence-corrected chi connectivity index (χ0v) is 9.30. The lowest BCUT2D eigenvalue weighted by Gasteiger charge is -2.10. The number of hydrogen-bond donors (Lipinski definition) is 2. The molecule has 0 unspecified atom stereocenters. The van der Waals surface area contributed by atoms with Crippen LogP contribution in [-0.4, -0.2) is 11.5 Å². The second-order valence-electron chi connectivity index (χ2n) is 4.26. The van der Waals surface area contributed by atoms with Gasteiger partial charge in [-0.2, -0.15) is 0 Å². The molecule has 0 radical (unpaired) electrons. The number of fused-ring (bicyclic) bond motifs is 1. The maximum absolute atomic E-state index is 4.44. The van der Waals surface area contributed by atoms with Gasteiger partial charge in [-0.15, -0.1) is 0 Å². The van der Waals surface area contributed by atoms with E-state index in [0.717, 1.165) is 24.6 Å². The first kappa shape index (κ1) is 10.2. The van der Waals surface area contributed by atoms with E-state index in [1.165, 1.54) is 11.1 Å². The lowest BCUT2D eigenvalue weighted by atomic mass is 10.0. The summed E-state index contributed by atoms with van der Waals surface area (Å²) in [6.45, 7) is 9.93. The summed E-state index contributed by atoms with van der Waals surface area (Å²) in [5.41, 5.74) is 3.48. The first-order chi connectivity index (χ1) is 7.16. The van der Waals surface area contributed by atoms with Crippen LogP contribution in [0.2, 0.25) is 0 Å². The molecule has 0 amide bonds. The number of nitrogens with one attached hydrogen (secondary N) is 2.